The summed E-state index contributed by atoms with van der Waals surface area (Å²) in [6.45, 7) is 3.99. The van der Waals surface area contributed by atoms with Gasteiger partial charge in [0.1, 0.15) is 31.4 Å². The number of hydrogen-bond acceptors (Lipinski definition) is 8. The number of nitrogens with zero attached hydrogens (tertiary/aromatic N) is 5. The Morgan fingerprint density at radius 2 is 1.88 bits per heavy atom. The zero-order chi connectivity index (χ0) is 18.9. The van der Waals surface area contributed by atoms with E-state index in [0.717, 1.165) is 16.8 Å². The fourth-order valence-electron chi connectivity index (χ4n) is 2.17. The third-order valence-electron chi connectivity index (χ3n) is 3.43. The minimum absolute atomic E-state index is 0.267. The molecule has 26 heavy (non-hydrogen) atoms. The molecule has 0 saturated carbocycles. The second-order valence-electron chi connectivity index (χ2n) is 5.65. The van der Waals surface area contributed by atoms with Crippen molar-refractivity contribution in [3.05, 3.63) is 53.4 Å². The molecule has 0 spiro atoms. The molecular formula is C18H23N5O3. The highest BCUT2D eigenvalue weighted by Crippen LogP contribution is 2.16. The molecule has 0 aliphatic heterocycles. The minimum atomic E-state index is 0.267. The lowest BCUT2D eigenvalue weighted by atomic mass is 10.0. The van der Waals surface area contributed by atoms with Gasteiger partial charge in [-0.15, -0.1) is 0 Å². The van der Waals surface area contributed by atoms with Crippen molar-refractivity contribution in [2.24, 2.45) is 15.4 Å². The lowest BCUT2D eigenvalue weighted by Crippen LogP contribution is -2.13. The van der Waals surface area contributed by atoms with Gasteiger partial charge in [0.15, 0.2) is 0 Å². The Kier molecular flexibility index (Phi) is 6.90. The van der Waals surface area contributed by atoms with E-state index in [9.17, 15) is 0 Å². The number of hydrazone groups is 1. The van der Waals surface area contributed by atoms with E-state index in [1.165, 1.54) is 13.4 Å². The quantitative estimate of drug-likeness (QED) is 0.536. The molecule has 1 aromatic heterocycles. The highest BCUT2D eigenvalue weighted by atomic mass is 16.6. The van der Waals surface area contributed by atoms with Crippen LogP contribution in [-0.4, -0.2) is 48.5 Å². The molecule has 2 rings (SSSR count). The van der Waals surface area contributed by atoms with E-state index in [0.29, 0.717) is 17.1 Å². The number of oxime groups is 2. The van der Waals surface area contributed by atoms with Gasteiger partial charge in [0.25, 0.3) is 0 Å². The molecule has 0 bridgehead atoms. The standard InChI is InChI=1S/C18H23N5O3/c1-13(19-23(3)4)14(2)20-26-12-15-8-6-7-9-16(15)18(22-24-5)17-10-11-25-21-17/h6-11H,12H2,1-5H3. The Balaban J connectivity index is 2.21. The summed E-state index contributed by atoms with van der Waals surface area (Å²) >= 11 is 0. The fourth-order valence-corrected chi connectivity index (χ4v) is 2.17. The predicted molar refractivity (Wildman–Crippen MR) is 100 cm³/mol. The van der Waals surface area contributed by atoms with Gasteiger partial charge in [-0.05, 0) is 13.8 Å². The van der Waals surface area contributed by atoms with Gasteiger partial charge in [0.2, 0.25) is 0 Å². The highest BCUT2D eigenvalue weighted by molar-refractivity contribution is 6.40. The minimum Gasteiger partial charge on any atom is -0.399 e. The van der Waals surface area contributed by atoms with Crippen molar-refractivity contribution in [1.29, 1.82) is 0 Å². The van der Waals surface area contributed by atoms with E-state index in [1.807, 2.05) is 52.2 Å². The molecule has 0 radical (unpaired) electrons. The molecule has 8 nitrogen and oxygen atoms in total. The van der Waals surface area contributed by atoms with Crippen LogP contribution < -0.4 is 0 Å². The van der Waals surface area contributed by atoms with Gasteiger partial charge in [-0.1, -0.05) is 39.7 Å². The maximum Gasteiger partial charge on any atom is 0.143 e. The maximum atomic E-state index is 5.52. The third-order valence-corrected chi connectivity index (χ3v) is 3.43. The van der Waals surface area contributed by atoms with Crippen molar-refractivity contribution in [1.82, 2.24) is 10.2 Å². The van der Waals surface area contributed by atoms with E-state index >= 15 is 0 Å². The molecule has 1 heterocycles. The molecule has 1 aromatic carbocycles. The number of rotatable bonds is 8. The van der Waals surface area contributed by atoms with Crippen molar-refractivity contribution in [3.8, 4) is 0 Å². The normalized spacial score (nSPS) is 12.9. The lowest BCUT2D eigenvalue weighted by Gasteiger charge is -2.10. The summed E-state index contributed by atoms with van der Waals surface area (Å²) in [5, 5.41) is 18.2. The maximum absolute atomic E-state index is 5.52. The molecule has 0 aliphatic rings. The van der Waals surface area contributed by atoms with Gasteiger partial charge < -0.3 is 19.2 Å². The molecule has 8 heteroatoms. The molecular weight excluding hydrogens is 334 g/mol. The van der Waals surface area contributed by atoms with Crippen LogP contribution in [0.5, 0.6) is 0 Å². The van der Waals surface area contributed by atoms with Gasteiger partial charge in [-0.25, -0.2) is 0 Å². The van der Waals surface area contributed by atoms with Gasteiger partial charge in [-0.3, -0.25) is 0 Å². The Hall–Kier alpha value is -3.16. The van der Waals surface area contributed by atoms with Crippen LogP contribution in [0, 0.1) is 0 Å². The Bertz CT molecular complexity index is 795. The van der Waals surface area contributed by atoms with E-state index < -0.39 is 0 Å². The van der Waals surface area contributed by atoms with Crippen molar-refractivity contribution in [2.75, 3.05) is 21.2 Å². The summed E-state index contributed by atoms with van der Waals surface area (Å²) in [4.78, 5) is 10.5. The first-order chi connectivity index (χ1) is 12.5. The van der Waals surface area contributed by atoms with E-state index in [2.05, 4.69) is 20.6 Å². The molecule has 138 valence electrons. The van der Waals surface area contributed by atoms with Crippen LogP contribution in [0.4, 0.5) is 0 Å². The molecule has 0 N–H and O–H groups in total. The van der Waals surface area contributed by atoms with Gasteiger partial charge >= 0.3 is 0 Å². The van der Waals surface area contributed by atoms with Crippen LogP contribution in [0.15, 0.2) is 56.5 Å². The van der Waals surface area contributed by atoms with Crippen LogP contribution in [0.1, 0.15) is 30.7 Å². The van der Waals surface area contributed by atoms with E-state index in [4.69, 9.17) is 14.2 Å². The lowest BCUT2D eigenvalue weighted by molar-refractivity contribution is 0.131. The van der Waals surface area contributed by atoms with Crippen molar-refractivity contribution in [2.45, 2.75) is 20.5 Å². The zero-order valence-corrected chi connectivity index (χ0v) is 15.6. The second kappa shape index (κ2) is 9.36. The summed E-state index contributed by atoms with van der Waals surface area (Å²) in [5.41, 5.74) is 4.35. The first-order valence-electron chi connectivity index (χ1n) is 8.02. The second-order valence-corrected chi connectivity index (χ2v) is 5.65. The number of benzene rings is 1. The number of aromatic nitrogens is 1. The first kappa shape index (κ1) is 19.2. The van der Waals surface area contributed by atoms with Crippen LogP contribution in [0.25, 0.3) is 0 Å². The molecule has 0 unspecified atom stereocenters. The van der Waals surface area contributed by atoms with Crippen molar-refractivity contribution in [3.63, 3.8) is 0 Å². The average molecular weight is 357 g/mol. The van der Waals surface area contributed by atoms with E-state index in [-0.39, 0.29) is 6.61 Å². The van der Waals surface area contributed by atoms with Crippen molar-refractivity contribution >= 4 is 17.1 Å². The first-order valence-corrected chi connectivity index (χ1v) is 8.02. The summed E-state index contributed by atoms with van der Waals surface area (Å²) in [6.07, 6.45) is 1.49. The largest absolute Gasteiger partial charge is 0.399 e. The molecule has 0 atom stereocenters. The molecule has 0 fully saturated rings. The molecule has 2 aromatic rings. The molecule has 0 aliphatic carbocycles. The van der Waals surface area contributed by atoms with Crippen LogP contribution in [0.2, 0.25) is 0 Å². The zero-order valence-electron chi connectivity index (χ0n) is 15.6. The molecule has 0 amide bonds. The summed E-state index contributed by atoms with van der Waals surface area (Å²) in [6, 6.07) is 9.41. The van der Waals surface area contributed by atoms with Crippen LogP contribution in [0.3, 0.4) is 0 Å². The Labute approximate surface area is 152 Å². The monoisotopic (exact) mass is 357 g/mol. The van der Waals surface area contributed by atoms with Crippen LogP contribution in [-0.2, 0) is 16.3 Å². The molecule has 0 saturated heterocycles. The van der Waals surface area contributed by atoms with Gasteiger partial charge in [0.05, 0.1) is 11.4 Å². The van der Waals surface area contributed by atoms with Gasteiger partial charge in [-0.2, -0.15) is 5.10 Å². The summed E-state index contributed by atoms with van der Waals surface area (Å²) in [5.74, 6) is 0. The third kappa shape index (κ3) is 5.17. The van der Waals surface area contributed by atoms with Crippen molar-refractivity contribution < 1.29 is 14.2 Å². The number of hydrogen-bond donors (Lipinski definition) is 0. The SMILES string of the molecule is CON=C(c1ccon1)c1ccccc1CON=C(C)C(C)=NN(C)C. The fraction of sp³-hybridized carbons (Fsp3) is 0.333. The topological polar surface area (TPSA) is 84.8 Å². The van der Waals surface area contributed by atoms with E-state index in [1.54, 1.807) is 11.1 Å². The highest BCUT2D eigenvalue weighted by Gasteiger charge is 2.15. The summed E-state index contributed by atoms with van der Waals surface area (Å²) < 4.78 is 4.92. The Morgan fingerprint density at radius 3 is 2.54 bits per heavy atom. The van der Waals surface area contributed by atoms with Gasteiger partial charge in [0, 0.05) is 31.3 Å². The average Bonchev–Trinajstić information content (AvgIpc) is 3.14. The summed E-state index contributed by atoms with van der Waals surface area (Å²) in [7, 11) is 5.20. The smallest absolute Gasteiger partial charge is 0.143 e. The van der Waals surface area contributed by atoms with Crippen LogP contribution >= 0.6 is 0 Å². The Morgan fingerprint density at radius 1 is 1.12 bits per heavy atom. The predicted octanol–water partition coefficient (Wildman–Crippen LogP) is 2.90.